The van der Waals surface area contributed by atoms with Crippen molar-refractivity contribution in [1.29, 1.82) is 0 Å². The van der Waals surface area contributed by atoms with E-state index in [9.17, 15) is 19.7 Å². The summed E-state index contributed by atoms with van der Waals surface area (Å²) in [6, 6.07) is -0.347. The first-order chi connectivity index (χ1) is 7.77. The smallest absolute Gasteiger partial charge is 0.341 e. The zero-order valence-electron chi connectivity index (χ0n) is 9.63. The predicted octanol–water partition coefficient (Wildman–Crippen LogP) is 1.34. The van der Waals surface area contributed by atoms with Gasteiger partial charge in [-0.15, -0.1) is 0 Å². The van der Waals surface area contributed by atoms with Crippen LogP contribution in [0.5, 0.6) is 0 Å². The number of hydrogen-bond donors (Lipinski definition) is 1. The maximum Gasteiger partial charge on any atom is 0.341 e. The Kier molecular flexibility index (Phi) is 3.31. The standard InChI is InChI=1S/C10H12N2O5/c1-5(2)11-4-7(12(16)17)6(3)8(9(11)13)10(14)15/h4-5H,1-3H3,(H,14,15). The van der Waals surface area contributed by atoms with E-state index in [1.165, 1.54) is 6.92 Å². The SMILES string of the molecule is Cc1c([N+](=O)[O-])cn(C(C)C)c(=O)c1C(=O)O. The molecule has 1 N–H and O–H groups in total. The highest BCUT2D eigenvalue weighted by Gasteiger charge is 2.24. The maximum absolute atomic E-state index is 11.8. The molecule has 0 aliphatic rings. The molecule has 1 rings (SSSR count). The van der Waals surface area contributed by atoms with Crippen molar-refractivity contribution < 1.29 is 14.8 Å². The molecule has 0 spiro atoms. The first kappa shape index (κ1) is 12.9. The molecule has 0 saturated carbocycles. The number of nitro groups is 1. The van der Waals surface area contributed by atoms with E-state index < -0.39 is 22.0 Å². The van der Waals surface area contributed by atoms with E-state index >= 15 is 0 Å². The van der Waals surface area contributed by atoms with Crippen molar-refractivity contribution in [3.63, 3.8) is 0 Å². The largest absolute Gasteiger partial charge is 0.477 e. The second-order valence-electron chi connectivity index (χ2n) is 3.88. The van der Waals surface area contributed by atoms with E-state index in [4.69, 9.17) is 5.11 Å². The monoisotopic (exact) mass is 240 g/mol. The lowest BCUT2D eigenvalue weighted by atomic mass is 10.1. The Hall–Kier alpha value is -2.18. The molecule has 0 amide bonds. The predicted molar refractivity (Wildman–Crippen MR) is 59.4 cm³/mol. The van der Waals surface area contributed by atoms with E-state index in [1.807, 2.05) is 0 Å². The van der Waals surface area contributed by atoms with Crippen molar-refractivity contribution in [2.75, 3.05) is 0 Å². The molecule has 1 aromatic heterocycles. The molecule has 0 aromatic carbocycles. The number of aromatic carboxylic acids is 1. The first-order valence-corrected chi connectivity index (χ1v) is 4.90. The lowest BCUT2D eigenvalue weighted by molar-refractivity contribution is -0.386. The van der Waals surface area contributed by atoms with Gasteiger partial charge in [0, 0.05) is 11.6 Å². The van der Waals surface area contributed by atoms with Crippen molar-refractivity contribution in [3.05, 3.63) is 37.8 Å². The molecule has 0 radical (unpaired) electrons. The number of nitrogens with zero attached hydrogens (tertiary/aromatic N) is 2. The lowest BCUT2D eigenvalue weighted by Crippen LogP contribution is -2.29. The summed E-state index contributed by atoms with van der Waals surface area (Å²) in [5.74, 6) is -1.45. The normalized spacial score (nSPS) is 10.6. The third-order valence-corrected chi connectivity index (χ3v) is 2.44. The molecule has 7 heteroatoms. The summed E-state index contributed by atoms with van der Waals surface area (Å²) in [6.07, 6.45) is 1.08. The van der Waals surface area contributed by atoms with Crippen molar-refractivity contribution in [2.45, 2.75) is 26.8 Å². The van der Waals surface area contributed by atoms with Crippen LogP contribution in [0.4, 0.5) is 5.69 Å². The minimum Gasteiger partial charge on any atom is -0.477 e. The van der Waals surface area contributed by atoms with Crippen LogP contribution in [-0.4, -0.2) is 20.6 Å². The molecule has 0 aliphatic heterocycles. The van der Waals surface area contributed by atoms with Gasteiger partial charge in [0.2, 0.25) is 0 Å². The Balaban J connectivity index is 3.76. The third kappa shape index (κ3) is 2.17. The van der Waals surface area contributed by atoms with Crippen molar-refractivity contribution >= 4 is 11.7 Å². The zero-order chi connectivity index (χ0) is 13.3. The van der Waals surface area contributed by atoms with E-state index in [-0.39, 0.29) is 17.3 Å². The van der Waals surface area contributed by atoms with Crippen LogP contribution in [0.1, 0.15) is 35.8 Å². The number of hydrogen-bond acceptors (Lipinski definition) is 4. The van der Waals surface area contributed by atoms with E-state index in [0.717, 1.165) is 10.8 Å². The second-order valence-corrected chi connectivity index (χ2v) is 3.88. The van der Waals surface area contributed by atoms with E-state index in [1.54, 1.807) is 13.8 Å². The zero-order valence-corrected chi connectivity index (χ0v) is 9.63. The maximum atomic E-state index is 11.8. The fraction of sp³-hybridized carbons (Fsp3) is 0.400. The molecule has 0 fully saturated rings. The molecule has 1 aromatic rings. The Morgan fingerprint density at radius 1 is 1.53 bits per heavy atom. The van der Waals surface area contributed by atoms with Crippen molar-refractivity contribution in [2.24, 2.45) is 0 Å². The quantitative estimate of drug-likeness (QED) is 0.634. The van der Waals surface area contributed by atoms with Crippen LogP contribution < -0.4 is 5.56 Å². The number of carbonyl (C=O) groups is 1. The lowest BCUT2D eigenvalue weighted by Gasteiger charge is -2.12. The highest BCUT2D eigenvalue weighted by atomic mass is 16.6. The van der Waals surface area contributed by atoms with Crippen LogP contribution in [0.25, 0.3) is 0 Å². The summed E-state index contributed by atoms with van der Waals surface area (Å²) >= 11 is 0. The number of carboxylic acids is 1. The third-order valence-electron chi connectivity index (χ3n) is 2.44. The van der Waals surface area contributed by atoms with Gasteiger partial charge < -0.3 is 9.67 Å². The van der Waals surface area contributed by atoms with Gasteiger partial charge in [-0.25, -0.2) is 4.79 Å². The highest BCUT2D eigenvalue weighted by molar-refractivity contribution is 5.90. The van der Waals surface area contributed by atoms with Crippen LogP contribution in [0.15, 0.2) is 11.0 Å². The summed E-state index contributed by atoms with van der Waals surface area (Å²) in [4.78, 5) is 32.8. The summed E-state index contributed by atoms with van der Waals surface area (Å²) < 4.78 is 1.05. The molecule has 1 heterocycles. The van der Waals surface area contributed by atoms with Crippen molar-refractivity contribution in [3.8, 4) is 0 Å². The van der Waals surface area contributed by atoms with Gasteiger partial charge in [0.25, 0.3) is 11.2 Å². The number of aromatic nitrogens is 1. The molecule has 0 aliphatic carbocycles. The average molecular weight is 240 g/mol. The minimum atomic E-state index is -1.45. The summed E-state index contributed by atoms with van der Waals surface area (Å²) in [6.45, 7) is 4.55. The molecule has 17 heavy (non-hydrogen) atoms. The van der Waals surface area contributed by atoms with Crippen LogP contribution in [-0.2, 0) is 0 Å². The van der Waals surface area contributed by atoms with Crippen LogP contribution in [0.2, 0.25) is 0 Å². The molecule has 92 valence electrons. The molecule has 0 bridgehead atoms. The van der Waals surface area contributed by atoms with Gasteiger partial charge >= 0.3 is 5.97 Å². The second kappa shape index (κ2) is 4.36. The summed E-state index contributed by atoms with van der Waals surface area (Å²) in [7, 11) is 0. The highest BCUT2D eigenvalue weighted by Crippen LogP contribution is 2.20. The van der Waals surface area contributed by atoms with Crippen LogP contribution >= 0.6 is 0 Å². The van der Waals surface area contributed by atoms with Gasteiger partial charge in [-0.1, -0.05) is 0 Å². The van der Waals surface area contributed by atoms with Gasteiger partial charge in [-0.05, 0) is 20.8 Å². The fourth-order valence-electron chi connectivity index (χ4n) is 1.52. The number of pyridine rings is 1. The Labute approximate surface area is 96.5 Å². The molecular weight excluding hydrogens is 228 g/mol. The Bertz CT molecular complexity index is 544. The van der Waals surface area contributed by atoms with Gasteiger partial charge in [-0.3, -0.25) is 14.9 Å². The van der Waals surface area contributed by atoms with Gasteiger partial charge in [-0.2, -0.15) is 0 Å². The topological polar surface area (TPSA) is 102 Å². The number of rotatable bonds is 3. The Morgan fingerprint density at radius 3 is 2.41 bits per heavy atom. The summed E-state index contributed by atoms with van der Waals surface area (Å²) in [5.41, 5.74) is -1.76. The summed E-state index contributed by atoms with van der Waals surface area (Å²) in [5, 5.41) is 19.7. The average Bonchev–Trinajstić information content (AvgIpc) is 2.15. The molecule has 0 saturated heterocycles. The van der Waals surface area contributed by atoms with Gasteiger partial charge in [0.15, 0.2) is 0 Å². The fourth-order valence-corrected chi connectivity index (χ4v) is 1.52. The first-order valence-electron chi connectivity index (χ1n) is 4.90. The van der Waals surface area contributed by atoms with Crippen molar-refractivity contribution in [1.82, 2.24) is 4.57 Å². The molecule has 7 nitrogen and oxygen atoms in total. The molecule has 0 unspecified atom stereocenters. The van der Waals surface area contributed by atoms with Crippen LogP contribution in [0.3, 0.4) is 0 Å². The minimum absolute atomic E-state index is 0.121. The Morgan fingerprint density at radius 2 is 2.06 bits per heavy atom. The van der Waals surface area contributed by atoms with Crippen LogP contribution in [0, 0.1) is 17.0 Å². The number of carboxylic acid groups (broad SMARTS) is 1. The van der Waals surface area contributed by atoms with E-state index in [2.05, 4.69) is 0 Å². The molecular formula is C10H12N2O5. The van der Waals surface area contributed by atoms with Gasteiger partial charge in [0.1, 0.15) is 5.56 Å². The van der Waals surface area contributed by atoms with Gasteiger partial charge in [0.05, 0.1) is 11.1 Å². The molecule has 0 atom stereocenters. The van der Waals surface area contributed by atoms with E-state index in [0.29, 0.717) is 0 Å².